The molecular weight excluding hydrogens is 600 g/mol. The Morgan fingerprint density at radius 2 is 1.71 bits per heavy atom. The number of nitrogens with zero attached hydrogens (tertiary/aromatic N) is 2. The molecule has 0 spiro atoms. The van der Waals surface area contributed by atoms with Gasteiger partial charge in [0.2, 0.25) is 5.88 Å². The van der Waals surface area contributed by atoms with E-state index in [1.165, 1.54) is 52.3 Å². The van der Waals surface area contributed by atoms with E-state index in [0.29, 0.717) is 24.3 Å². The van der Waals surface area contributed by atoms with Crippen molar-refractivity contribution >= 4 is 17.9 Å². The fourth-order valence-corrected chi connectivity index (χ4v) is 5.43. The zero-order valence-electron chi connectivity index (χ0n) is 26.3. The zero-order valence-corrected chi connectivity index (χ0v) is 26.3. The van der Waals surface area contributed by atoms with Gasteiger partial charge < -0.3 is 33.7 Å². The first kappa shape index (κ1) is 36.2. The van der Waals surface area contributed by atoms with Crippen molar-refractivity contribution in [3.05, 3.63) is 46.9 Å². The van der Waals surface area contributed by atoms with Gasteiger partial charge in [-0.15, -0.1) is 0 Å². The van der Waals surface area contributed by atoms with E-state index >= 15 is 4.39 Å². The van der Waals surface area contributed by atoms with Crippen LogP contribution in [0.25, 0.3) is 0 Å². The molecule has 1 aromatic heterocycles. The first-order valence-electron chi connectivity index (χ1n) is 14.8. The quantitative estimate of drug-likeness (QED) is 0.193. The number of alkyl halides is 3. The number of methoxy groups -OCH3 is 3. The van der Waals surface area contributed by atoms with E-state index in [4.69, 9.17) is 18.9 Å². The standard InChI is InChI=1S/C24H28F4N2O6.C8H14O/c1-30(15(11-33-2)12-34-3)19-9-18(25)20(8-16(19)22(31)32)36-21-17(24(26,27)28)7-14(10-29-21)23(5-6-23)13-35-4;1-7-2-4-8(6-9)5-3-7/h7-10,15H,5-6,11-13H2,1-4H3,(H,31,32);6-8H,2-5H2,1H3. The SMILES string of the molecule is CC1CCC(C=O)CC1.COCC(COC)N(C)c1cc(F)c(Oc2ncc(C3(COC)CC3)cc2C(F)(F)F)cc1C(=O)O. The topological polar surface area (TPSA) is 107 Å². The molecule has 2 aromatic rings. The Labute approximate surface area is 260 Å². The summed E-state index contributed by atoms with van der Waals surface area (Å²) in [5.74, 6) is -2.82. The number of ether oxygens (including phenoxy) is 4. The van der Waals surface area contributed by atoms with Gasteiger partial charge in [-0.2, -0.15) is 13.2 Å². The molecule has 2 fully saturated rings. The largest absolute Gasteiger partial charge is 0.478 e. The monoisotopic (exact) mass is 642 g/mol. The lowest BCUT2D eigenvalue weighted by Crippen LogP contribution is -2.39. The van der Waals surface area contributed by atoms with Crippen molar-refractivity contribution in [1.29, 1.82) is 0 Å². The average molecular weight is 643 g/mol. The zero-order chi connectivity index (χ0) is 33.4. The molecule has 0 amide bonds. The minimum absolute atomic E-state index is 0.0268. The summed E-state index contributed by atoms with van der Waals surface area (Å²) in [4.78, 5) is 27.5. The molecule has 2 aliphatic rings. The first-order chi connectivity index (χ1) is 21.3. The average Bonchev–Trinajstić information content (AvgIpc) is 3.78. The number of benzene rings is 1. The highest BCUT2D eigenvalue weighted by Gasteiger charge is 2.46. The van der Waals surface area contributed by atoms with Crippen LogP contribution in [0, 0.1) is 17.7 Å². The molecule has 0 bridgehead atoms. The Morgan fingerprint density at radius 1 is 1.09 bits per heavy atom. The molecule has 250 valence electrons. The van der Waals surface area contributed by atoms with Crippen molar-refractivity contribution in [3.63, 3.8) is 0 Å². The fourth-order valence-electron chi connectivity index (χ4n) is 5.43. The number of carboxylic acid groups (broad SMARTS) is 1. The number of pyridine rings is 1. The van der Waals surface area contributed by atoms with Crippen LogP contribution in [0.1, 0.15) is 66.9 Å². The van der Waals surface area contributed by atoms with Gasteiger partial charge in [-0.25, -0.2) is 14.2 Å². The van der Waals surface area contributed by atoms with Crippen LogP contribution in [0.5, 0.6) is 11.6 Å². The molecule has 0 aliphatic heterocycles. The molecule has 4 rings (SSSR count). The van der Waals surface area contributed by atoms with E-state index in [1.54, 1.807) is 0 Å². The van der Waals surface area contributed by atoms with E-state index in [2.05, 4.69) is 11.9 Å². The highest BCUT2D eigenvalue weighted by atomic mass is 19.4. The third-order valence-corrected chi connectivity index (χ3v) is 8.43. The van der Waals surface area contributed by atoms with Crippen LogP contribution < -0.4 is 9.64 Å². The number of carbonyl (C=O) groups excluding carboxylic acids is 1. The molecule has 0 unspecified atom stereocenters. The maximum absolute atomic E-state index is 15.0. The van der Waals surface area contributed by atoms with E-state index in [0.717, 1.165) is 43.2 Å². The number of aromatic carboxylic acids is 1. The van der Waals surface area contributed by atoms with Crippen LogP contribution in [0.4, 0.5) is 23.2 Å². The van der Waals surface area contributed by atoms with Crippen molar-refractivity contribution < 1.29 is 51.2 Å². The third kappa shape index (κ3) is 9.36. The van der Waals surface area contributed by atoms with E-state index < -0.39 is 46.6 Å². The van der Waals surface area contributed by atoms with Crippen LogP contribution in [-0.2, 0) is 30.6 Å². The minimum Gasteiger partial charge on any atom is -0.478 e. The molecule has 2 aliphatic carbocycles. The normalized spacial score (nSPS) is 19.0. The molecule has 45 heavy (non-hydrogen) atoms. The summed E-state index contributed by atoms with van der Waals surface area (Å²) in [5.41, 5.74) is -1.81. The van der Waals surface area contributed by atoms with Gasteiger partial charge in [0.1, 0.15) is 11.8 Å². The fraction of sp³-hybridized carbons (Fsp3) is 0.594. The number of hydrogen-bond donors (Lipinski definition) is 1. The maximum Gasteiger partial charge on any atom is 0.421 e. The molecule has 0 saturated heterocycles. The van der Waals surface area contributed by atoms with Crippen LogP contribution >= 0.6 is 0 Å². The van der Waals surface area contributed by atoms with Crippen LogP contribution in [0.3, 0.4) is 0 Å². The van der Waals surface area contributed by atoms with Gasteiger partial charge >= 0.3 is 12.1 Å². The summed E-state index contributed by atoms with van der Waals surface area (Å²) in [7, 11) is 5.89. The van der Waals surface area contributed by atoms with Crippen molar-refractivity contribution in [2.45, 2.75) is 63.1 Å². The van der Waals surface area contributed by atoms with Gasteiger partial charge in [-0.1, -0.05) is 19.8 Å². The number of anilines is 1. The number of carbonyl (C=O) groups is 2. The Balaban J connectivity index is 0.000000525. The number of hydrogen-bond acceptors (Lipinski definition) is 8. The number of carboxylic acids is 1. The molecule has 0 atom stereocenters. The summed E-state index contributed by atoms with van der Waals surface area (Å²) in [6.45, 7) is 2.81. The third-order valence-electron chi connectivity index (χ3n) is 8.43. The molecule has 1 N–H and O–H groups in total. The lowest BCUT2D eigenvalue weighted by atomic mass is 9.84. The first-order valence-corrected chi connectivity index (χ1v) is 14.8. The molecule has 9 nitrogen and oxygen atoms in total. The van der Waals surface area contributed by atoms with Gasteiger partial charge in [0, 0.05) is 58.0 Å². The predicted octanol–water partition coefficient (Wildman–Crippen LogP) is 6.52. The Kier molecular flexibility index (Phi) is 12.7. The Bertz CT molecular complexity index is 1290. The highest BCUT2D eigenvalue weighted by molar-refractivity contribution is 5.95. The highest BCUT2D eigenvalue weighted by Crippen LogP contribution is 2.50. The summed E-state index contributed by atoms with van der Waals surface area (Å²) in [5, 5.41) is 9.73. The minimum atomic E-state index is -4.85. The van der Waals surface area contributed by atoms with Gasteiger partial charge in [-0.05, 0) is 43.2 Å². The van der Waals surface area contributed by atoms with E-state index in [1.807, 2.05) is 0 Å². The molecular formula is C32H42F4N2O7. The summed E-state index contributed by atoms with van der Waals surface area (Å²) >= 11 is 0. The van der Waals surface area contributed by atoms with Gasteiger partial charge in [-0.3, -0.25) is 0 Å². The molecule has 1 heterocycles. The summed E-state index contributed by atoms with van der Waals surface area (Å²) in [6, 6.07) is 2.18. The second-order valence-corrected chi connectivity index (χ2v) is 11.8. The van der Waals surface area contributed by atoms with Crippen LogP contribution in [-0.4, -0.2) is 76.6 Å². The number of likely N-dealkylation sites (N-methyl/N-ethyl adjacent to an activating group) is 1. The Hall–Kier alpha value is -3.29. The number of halogens is 4. The Morgan fingerprint density at radius 3 is 2.20 bits per heavy atom. The van der Waals surface area contributed by atoms with Crippen molar-refractivity contribution in [2.75, 3.05) is 53.1 Å². The predicted molar refractivity (Wildman–Crippen MR) is 159 cm³/mol. The second kappa shape index (κ2) is 15.8. The van der Waals surface area contributed by atoms with Crippen LogP contribution in [0.15, 0.2) is 24.4 Å². The lowest BCUT2D eigenvalue weighted by molar-refractivity contribution is -0.139. The van der Waals surface area contributed by atoms with E-state index in [-0.39, 0.29) is 31.1 Å². The number of aromatic nitrogens is 1. The summed E-state index contributed by atoms with van der Waals surface area (Å²) in [6.07, 6.45) is 3.58. The van der Waals surface area contributed by atoms with Crippen LogP contribution in [0.2, 0.25) is 0 Å². The molecule has 0 radical (unpaired) electrons. The molecule has 13 heteroatoms. The van der Waals surface area contributed by atoms with Crippen molar-refractivity contribution in [1.82, 2.24) is 4.98 Å². The van der Waals surface area contributed by atoms with E-state index in [9.17, 15) is 27.9 Å². The number of rotatable bonds is 13. The smallest absolute Gasteiger partial charge is 0.421 e. The lowest BCUT2D eigenvalue weighted by Gasteiger charge is -2.30. The summed E-state index contributed by atoms with van der Waals surface area (Å²) < 4.78 is 77.3. The van der Waals surface area contributed by atoms with Gasteiger partial charge in [0.25, 0.3) is 0 Å². The molecule has 2 saturated carbocycles. The second-order valence-electron chi connectivity index (χ2n) is 11.8. The molecule has 1 aromatic carbocycles. The van der Waals surface area contributed by atoms with Gasteiger partial charge in [0.15, 0.2) is 11.6 Å². The van der Waals surface area contributed by atoms with Gasteiger partial charge in [0.05, 0.1) is 37.1 Å². The van der Waals surface area contributed by atoms with Crippen molar-refractivity contribution in [3.8, 4) is 11.6 Å². The maximum atomic E-state index is 15.0. The number of aldehydes is 1. The van der Waals surface area contributed by atoms with Crippen molar-refractivity contribution in [2.24, 2.45) is 11.8 Å².